The number of fused-ring (bicyclic) bond motifs is 2. The largest absolute Gasteiger partial charge is 0.455 e. The van der Waals surface area contributed by atoms with E-state index in [0.717, 1.165) is 52.6 Å². The van der Waals surface area contributed by atoms with Crippen LogP contribution < -0.4 is 5.32 Å². The van der Waals surface area contributed by atoms with Crippen LogP contribution in [0.2, 0.25) is 0 Å². The second kappa shape index (κ2) is 5.43. The third-order valence-electron chi connectivity index (χ3n) is 4.86. The van der Waals surface area contributed by atoms with Crippen LogP contribution >= 0.6 is 11.3 Å². The SMILES string of the molecule is O=C1NC(c2ccc(-c3nc4ccccc4s3)o2)N2CCCCC12. The fourth-order valence-corrected chi connectivity index (χ4v) is 4.61. The Morgan fingerprint density at radius 3 is 3.04 bits per heavy atom. The number of piperidine rings is 1. The molecule has 1 N–H and O–H groups in total. The minimum atomic E-state index is -0.147. The Morgan fingerprint density at radius 2 is 2.12 bits per heavy atom. The highest BCUT2D eigenvalue weighted by Gasteiger charge is 2.42. The number of carbonyl (C=O) groups excluding carboxylic acids is 1. The molecule has 0 saturated carbocycles. The Morgan fingerprint density at radius 1 is 1.21 bits per heavy atom. The van der Waals surface area contributed by atoms with Crippen LogP contribution in [0.3, 0.4) is 0 Å². The highest BCUT2D eigenvalue weighted by atomic mass is 32.1. The summed E-state index contributed by atoms with van der Waals surface area (Å²) in [5.41, 5.74) is 0.987. The molecular formula is C18H17N3O2S. The predicted octanol–water partition coefficient (Wildman–Crippen LogP) is 3.54. The fourth-order valence-electron chi connectivity index (χ4n) is 3.69. The van der Waals surface area contributed by atoms with E-state index >= 15 is 0 Å². The second-order valence-electron chi connectivity index (χ2n) is 6.35. The maximum absolute atomic E-state index is 12.2. The van der Waals surface area contributed by atoms with Crippen molar-refractivity contribution in [1.82, 2.24) is 15.2 Å². The molecule has 24 heavy (non-hydrogen) atoms. The van der Waals surface area contributed by atoms with Crippen LogP contribution in [0.1, 0.15) is 31.2 Å². The van der Waals surface area contributed by atoms with E-state index in [0.29, 0.717) is 0 Å². The van der Waals surface area contributed by atoms with Gasteiger partial charge in [0.05, 0.1) is 16.3 Å². The molecule has 2 aliphatic rings. The first-order valence-electron chi connectivity index (χ1n) is 8.31. The molecule has 0 bridgehead atoms. The van der Waals surface area contributed by atoms with Crippen molar-refractivity contribution in [2.45, 2.75) is 31.5 Å². The zero-order valence-corrected chi connectivity index (χ0v) is 13.9. The summed E-state index contributed by atoms with van der Waals surface area (Å²) in [5.74, 6) is 1.68. The van der Waals surface area contributed by atoms with Gasteiger partial charge in [-0.25, -0.2) is 4.98 Å². The second-order valence-corrected chi connectivity index (χ2v) is 7.38. The monoisotopic (exact) mass is 339 g/mol. The zero-order valence-electron chi connectivity index (χ0n) is 13.1. The lowest BCUT2D eigenvalue weighted by Gasteiger charge is -2.30. The number of carbonyl (C=O) groups is 1. The predicted molar refractivity (Wildman–Crippen MR) is 92.6 cm³/mol. The summed E-state index contributed by atoms with van der Waals surface area (Å²) in [6.07, 6.45) is 3.04. The van der Waals surface area contributed by atoms with E-state index in [-0.39, 0.29) is 18.1 Å². The van der Waals surface area contributed by atoms with E-state index < -0.39 is 0 Å². The molecule has 2 unspecified atom stereocenters. The van der Waals surface area contributed by atoms with E-state index in [1.165, 1.54) is 0 Å². The number of thiazole rings is 1. The van der Waals surface area contributed by atoms with Crippen molar-refractivity contribution in [2.75, 3.05) is 6.54 Å². The van der Waals surface area contributed by atoms with E-state index in [2.05, 4.69) is 21.3 Å². The summed E-state index contributed by atoms with van der Waals surface area (Å²) in [6.45, 7) is 0.936. The van der Waals surface area contributed by atoms with Gasteiger partial charge in [-0.15, -0.1) is 11.3 Å². The molecule has 5 rings (SSSR count). The van der Waals surface area contributed by atoms with Gasteiger partial charge in [0.2, 0.25) is 5.91 Å². The standard InChI is InChI=1S/C18H17N3O2S/c22-17-12-6-3-4-10-21(12)16(20-17)13-8-9-14(23-13)18-19-11-5-1-2-7-15(11)24-18/h1-2,5,7-9,12,16H,3-4,6,10H2,(H,20,22). The van der Waals surface area contributed by atoms with Gasteiger partial charge in [-0.1, -0.05) is 18.6 Å². The lowest BCUT2D eigenvalue weighted by molar-refractivity contribution is -0.122. The molecule has 0 radical (unpaired) electrons. The first-order valence-corrected chi connectivity index (χ1v) is 9.13. The van der Waals surface area contributed by atoms with Crippen molar-refractivity contribution in [3.8, 4) is 10.8 Å². The van der Waals surface area contributed by atoms with Crippen LogP contribution in [0.25, 0.3) is 21.0 Å². The highest BCUT2D eigenvalue weighted by Crippen LogP contribution is 2.36. The number of hydrogen-bond acceptors (Lipinski definition) is 5. The fraction of sp³-hybridized carbons (Fsp3) is 0.333. The van der Waals surface area contributed by atoms with E-state index in [1.807, 2.05) is 30.3 Å². The van der Waals surface area contributed by atoms with E-state index in [9.17, 15) is 4.79 Å². The molecule has 2 fully saturated rings. The summed E-state index contributed by atoms with van der Waals surface area (Å²) in [7, 11) is 0. The molecule has 2 saturated heterocycles. The maximum atomic E-state index is 12.2. The van der Waals surface area contributed by atoms with Crippen LogP contribution in [-0.4, -0.2) is 28.4 Å². The maximum Gasteiger partial charge on any atom is 0.239 e. The summed E-state index contributed by atoms with van der Waals surface area (Å²) < 4.78 is 7.22. The van der Waals surface area contributed by atoms with Gasteiger partial charge >= 0.3 is 0 Å². The molecule has 2 atom stereocenters. The molecule has 2 aromatic heterocycles. The first-order chi connectivity index (χ1) is 11.8. The number of rotatable bonds is 2. The van der Waals surface area contributed by atoms with Crippen LogP contribution in [0.4, 0.5) is 0 Å². The van der Waals surface area contributed by atoms with Crippen LogP contribution in [0, 0.1) is 0 Å². The quantitative estimate of drug-likeness (QED) is 0.776. The Bertz CT molecular complexity index is 883. The molecule has 5 nitrogen and oxygen atoms in total. The molecule has 2 aliphatic heterocycles. The van der Waals surface area contributed by atoms with Gasteiger partial charge in [-0.2, -0.15) is 0 Å². The molecular weight excluding hydrogens is 322 g/mol. The number of para-hydroxylation sites is 1. The first kappa shape index (κ1) is 14.2. The molecule has 1 amide bonds. The topological polar surface area (TPSA) is 58.4 Å². The van der Waals surface area contributed by atoms with Gasteiger partial charge in [0.1, 0.15) is 11.9 Å². The zero-order chi connectivity index (χ0) is 16.1. The van der Waals surface area contributed by atoms with Gasteiger partial charge in [-0.05, 0) is 37.1 Å². The van der Waals surface area contributed by atoms with Gasteiger partial charge in [-0.3, -0.25) is 9.69 Å². The molecule has 1 aromatic carbocycles. The number of benzene rings is 1. The van der Waals surface area contributed by atoms with Crippen LogP contribution in [0.5, 0.6) is 0 Å². The molecule has 122 valence electrons. The Labute approximate surface area is 143 Å². The van der Waals surface area contributed by atoms with Gasteiger partial charge in [0, 0.05) is 6.54 Å². The number of nitrogens with one attached hydrogen (secondary N) is 1. The highest BCUT2D eigenvalue weighted by molar-refractivity contribution is 7.21. The Hall–Kier alpha value is -2.18. The molecule has 6 heteroatoms. The van der Waals surface area contributed by atoms with Crippen LogP contribution in [-0.2, 0) is 4.79 Å². The molecule has 4 heterocycles. The Balaban J connectivity index is 1.47. The number of hydrogen-bond donors (Lipinski definition) is 1. The minimum absolute atomic E-state index is 0.000231. The lowest BCUT2D eigenvalue weighted by Crippen LogP contribution is -2.38. The smallest absolute Gasteiger partial charge is 0.239 e. The summed E-state index contributed by atoms with van der Waals surface area (Å²) in [4.78, 5) is 19.1. The summed E-state index contributed by atoms with van der Waals surface area (Å²) in [5, 5.41) is 3.96. The molecule has 0 spiro atoms. The number of nitrogens with zero attached hydrogens (tertiary/aromatic N) is 2. The molecule has 0 aliphatic carbocycles. The van der Waals surface area contributed by atoms with E-state index in [1.54, 1.807) is 11.3 Å². The minimum Gasteiger partial charge on any atom is -0.455 e. The Kier molecular flexibility index (Phi) is 3.21. The van der Waals surface area contributed by atoms with Crippen molar-refractivity contribution in [1.29, 1.82) is 0 Å². The summed E-state index contributed by atoms with van der Waals surface area (Å²) in [6, 6.07) is 12.0. The van der Waals surface area contributed by atoms with Crippen molar-refractivity contribution >= 4 is 27.5 Å². The average molecular weight is 339 g/mol. The van der Waals surface area contributed by atoms with Crippen molar-refractivity contribution in [3.63, 3.8) is 0 Å². The van der Waals surface area contributed by atoms with Gasteiger partial charge < -0.3 is 9.73 Å². The molecule has 3 aromatic rings. The normalized spacial score (nSPS) is 24.2. The van der Waals surface area contributed by atoms with Gasteiger partial charge in [0.25, 0.3) is 0 Å². The third-order valence-corrected chi connectivity index (χ3v) is 5.91. The van der Waals surface area contributed by atoms with Crippen molar-refractivity contribution in [2.24, 2.45) is 0 Å². The van der Waals surface area contributed by atoms with Crippen molar-refractivity contribution < 1.29 is 9.21 Å². The lowest BCUT2D eigenvalue weighted by atomic mass is 10.0. The third kappa shape index (κ3) is 2.17. The van der Waals surface area contributed by atoms with Crippen molar-refractivity contribution in [3.05, 3.63) is 42.2 Å². The number of amides is 1. The average Bonchev–Trinajstić information content (AvgIpc) is 3.31. The number of furan rings is 1. The van der Waals surface area contributed by atoms with E-state index in [4.69, 9.17) is 4.42 Å². The number of aromatic nitrogens is 1. The van der Waals surface area contributed by atoms with Crippen LogP contribution in [0.15, 0.2) is 40.8 Å². The summed E-state index contributed by atoms with van der Waals surface area (Å²) >= 11 is 1.62. The van der Waals surface area contributed by atoms with Gasteiger partial charge in [0.15, 0.2) is 10.8 Å².